The van der Waals surface area contributed by atoms with Gasteiger partial charge in [-0.1, -0.05) is 47.6 Å². The molecule has 0 heterocycles. The van der Waals surface area contributed by atoms with Gasteiger partial charge in [0.15, 0.2) is 0 Å². The van der Waals surface area contributed by atoms with Crippen molar-refractivity contribution >= 4 is 0 Å². The van der Waals surface area contributed by atoms with Gasteiger partial charge in [-0.25, -0.2) is 0 Å². The highest BCUT2D eigenvalue weighted by molar-refractivity contribution is 5.76. The Morgan fingerprint density at radius 2 is 1.33 bits per heavy atom. The summed E-state index contributed by atoms with van der Waals surface area (Å²) in [7, 11) is 3.34. The minimum Gasteiger partial charge on any atom is -0.507 e. The van der Waals surface area contributed by atoms with Crippen LogP contribution in [-0.4, -0.2) is 19.3 Å². The standard InChI is InChI=1S/C24H34O3/c1-9-23(3,4)17-11-16(12-18(13-17)26-7)20-14-19(27-8)15-21(22(20)25)24(5,6)10-2/h11-15,25H,9-10H2,1-8H3. The minimum atomic E-state index is -0.155. The first-order valence-electron chi connectivity index (χ1n) is 9.71. The zero-order chi connectivity index (χ0) is 20.4. The summed E-state index contributed by atoms with van der Waals surface area (Å²) in [6.07, 6.45) is 1.93. The molecule has 2 aromatic carbocycles. The third kappa shape index (κ3) is 4.23. The van der Waals surface area contributed by atoms with Crippen molar-refractivity contribution < 1.29 is 14.6 Å². The molecule has 0 aliphatic rings. The van der Waals surface area contributed by atoms with Crippen molar-refractivity contribution in [3.8, 4) is 28.4 Å². The van der Waals surface area contributed by atoms with Crippen LogP contribution in [0.5, 0.6) is 17.2 Å². The van der Waals surface area contributed by atoms with E-state index in [1.807, 2.05) is 18.2 Å². The highest BCUT2D eigenvalue weighted by Gasteiger charge is 2.26. The third-order valence-electron chi connectivity index (χ3n) is 6.05. The minimum absolute atomic E-state index is 0.0172. The van der Waals surface area contributed by atoms with Gasteiger partial charge in [0.05, 0.1) is 14.2 Å². The van der Waals surface area contributed by atoms with E-state index in [2.05, 4.69) is 53.7 Å². The van der Waals surface area contributed by atoms with Gasteiger partial charge in [0, 0.05) is 11.1 Å². The molecule has 0 unspecified atom stereocenters. The Bertz CT molecular complexity index is 804. The van der Waals surface area contributed by atoms with E-state index in [1.165, 1.54) is 5.56 Å². The van der Waals surface area contributed by atoms with Crippen LogP contribution in [-0.2, 0) is 10.8 Å². The van der Waals surface area contributed by atoms with E-state index in [0.29, 0.717) is 5.75 Å². The van der Waals surface area contributed by atoms with E-state index in [4.69, 9.17) is 9.47 Å². The molecule has 0 bridgehead atoms. The molecule has 2 rings (SSSR count). The zero-order valence-corrected chi connectivity index (χ0v) is 18.1. The van der Waals surface area contributed by atoms with Gasteiger partial charge in [-0.3, -0.25) is 0 Å². The summed E-state index contributed by atoms with van der Waals surface area (Å²) in [6.45, 7) is 13.0. The Balaban J connectivity index is 2.78. The molecule has 0 spiro atoms. The average molecular weight is 371 g/mol. The number of ether oxygens (including phenoxy) is 2. The van der Waals surface area contributed by atoms with Crippen molar-refractivity contribution in [1.29, 1.82) is 0 Å². The molecule has 0 aromatic heterocycles. The summed E-state index contributed by atoms with van der Waals surface area (Å²) in [6, 6.07) is 10.1. The molecule has 0 atom stereocenters. The fraction of sp³-hybridized carbons (Fsp3) is 0.500. The molecule has 3 heteroatoms. The van der Waals surface area contributed by atoms with Crippen LogP contribution in [0.3, 0.4) is 0 Å². The number of rotatable bonds is 7. The van der Waals surface area contributed by atoms with E-state index in [-0.39, 0.29) is 10.8 Å². The first-order valence-corrected chi connectivity index (χ1v) is 9.71. The SMILES string of the molecule is CCC(C)(C)c1cc(OC)cc(-c2cc(OC)cc(C(C)(C)CC)c2O)c1. The predicted molar refractivity (Wildman–Crippen MR) is 113 cm³/mol. The normalized spacial score (nSPS) is 12.1. The Kier molecular flexibility index (Phi) is 6.14. The molecule has 0 fully saturated rings. The molecule has 0 radical (unpaired) electrons. The molecule has 148 valence electrons. The maximum Gasteiger partial charge on any atom is 0.127 e. The zero-order valence-electron chi connectivity index (χ0n) is 18.1. The van der Waals surface area contributed by atoms with E-state index < -0.39 is 0 Å². The van der Waals surface area contributed by atoms with Gasteiger partial charge in [0.25, 0.3) is 0 Å². The predicted octanol–water partition coefficient (Wildman–Crippen LogP) is 6.45. The maximum absolute atomic E-state index is 11.1. The van der Waals surface area contributed by atoms with Crippen LogP contribution in [0.1, 0.15) is 65.5 Å². The van der Waals surface area contributed by atoms with E-state index in [9.17, 15) is 5.11 Å². The number of hydrogen-bond donors (Lipinski definition) is 1. The van der Waals surface area contributed by atoms with Crippen molar-refractivity contribution in [3.63, 3.8) is 0 Å². The van der Waals surface area contributed by atoms with Crippen molar-refractivity contribution in [2.75, 3.05) is 14.2 Å². The van der Waals surface area contributed by atoms with Crippen LogP contribution >= 0.6 is 0 Å². The monoisotopic (exact) mass is 370 g/mol. The Morgan fingerprint density at radius 3 is 1.85 bits per heavy atom. The maximum atomic E-state index is 11.1. The van der Waals surface area contributed by atoms with Gasteiger partial charge in [-0.15, -0.1) is 0 Å². The molecule has 0 saturated carbocycles. The van der Waals surface area contributed by atoms with Gasteiger partial charge >= 0.3 is 0 Å². The Labute approximate surface area is 164 Å². The van der Waals surface area contributed by atoms with Crippen LogP contribution in [0.2, 0.25) is 0 Å². The number of aromatic hydroxyl groups is 1. The lowest BCUT2D eigenvalue weighted by atomic mass is 9.78. The van der Waals surface area contributed by atoms with Gasteiger partial charge in [0.2, 0.25) is 0 Å². The summed E-state index contributed by atoms with van der Waals surface area (Å²) >= 11 is 0. The molecule has 3 nitrogen and oxygen atoms in total. The van der Waals surface area contributed by atoms with Crippen LogP contribution in [0.15, 0.2) is 30.3 Å². The first kappa shape index (κ1) is 21.1. The largest absolute Gasteiger partial charge is 0.507 e. The van der Waals surface area contributed by atoms with Crippen LogP contribution in [0.4, 0.5) is 0 Å². The summed E-state index contributed by atoms with van der Waals surface area (Å²) in [4.78, 5) is 0. The molecule has 0 amide bonds. The summed E-state index contributed by atoms with van der Waals surface area (Å²) in [5.74, 6) is 1.86. The summed E-state index contributed by atoms with van der Waals surface area (Å²) in [5.41, 5.74) is 3.67. The lowest BCUT2D eigenvalue weighted by Crippen LogP contribution is -2.16. The molecule has 0 saturated heterocycles. The second-order valence-electron chi connectivity index (χ2n) is 8.50. The van der Waals surface area contributed by atoms with Crippen molar-refractivity contribution in [1.82, 2.24) is 0 Å². The highest BCUT2D eigenvalue weighted by Crippen LogP contribution is 2.44. The second-order valence-corrected chi connectivity index (χ2v) is 8.50. The Morgan fingerprint density at radius 1 is 0.778 bits per heavy atom. The van der Waals surface area contributed by atoms with Gasteiger partial charge in [-0.05, 0) is 59.1 Å². The molecular formula is C24H34O3. The molecule has 27 heavy (non-hydrogen) atoms. The highest BCUT2D eigenvalue weighted by atomic mass is 16.5. The van der Waals surface area contributed by atoms with Crippen molar-refractivity contribution in [2.24, 2.45) is 0 Å². The smallest absolute Gasteiger partial charge is 0.127 e. The molecule has 1 N–H and O–H groups in total. The third-order valence-corrected chi connectivity index (χ3v) is 6.05. The average Bonchev–Trinajstić information content (AvgIpc) is 2.67. The fourth-order valence-electron chi connectivity index (χ4n) is 3.12. The molecule has 0 aliphatic heterocycles. The van der Waals surface area contributed by atoms with E-state index in [1.54, 1.807) is 14.2 Å². The first-order chi connectivity index (χ1) is 12.6. The number of benzene rings is 2. The van der Waals surface area contributed by atoms with Crippen molar-refractivity contribution in [3.05, 3.63) is 41.5 Å². The number of hydrogen-bond acceptors (Lipinski definition) is 3. The fourth-order valence-corrected chi connectivity index (χ4v) is 3.12. The summed E-state index contributed by atoms with van der Waals surface area (Å²) < 4.78 is 11.1. The van der Waals surface area contributed by atoms with Gasteiger partial charge < -0.3 is 14.6 Å². The van der Waals surface area contributed by atoms with Crippen LogP contribution < -0.4 is 9.47 Å². The van der Waals surface area contributed by atoms with E-state index in [0.717, 1.165) is 41.0 Å². The van der Waals surface area contributed by atoms with Gasteiger partial charge in [0.1, 0.15) is 17.2 Å². The lowest BCUT2D eigenvalue weighted by Gasteiger charge is -2.27. The van der Waals surface area contributed by atoms with Crippen LogP contribution in [0, 0.1) is 0 Å². The number of methoxy groups -OCH3 is 2. The topological polar surface area (TPSA) is 38.7 Å². The van der Waals surface area contributed by atoms with Crippen molar-refractivity contribution in [2.45, 2.75) is 65.2 Å². The quantitative estimate of drug-likeness (QED) is 0.608. The molecular weight excluding hydrogens is 336 g/mol. The second kappa shape index (κ2) is 7.84. The molecule has 2 aromatic rings. The number of phenols is 1. The summed E-state index contributed by atoms with van der Waals surface area (Å²) in [5, 5.41) is 11.1. The van der Waals surface area contributed by atoms with Crippen LogP contribution in [0.25, 0.3) is 11.1 Å². The Hall–Kier alpha value is -2.16. The molecule has 0 aliphatic carbocycles. The number of phenolic OH excluding ortho intramolecular Hbond substituents is 1. The van der Waals surface area contributed by atoms with Gasteiger partial charge in [-0.2, -0.15) is 0 Å². The lowest BCUT2D eigenvalue weighted by molar-refractivity contribution is 0.401. The van der Waals surface area contributed by atoms with E-state index >= 15 is 0 Å².